The quantitative estimate of drug-likeness (QED) is 0.542. The molecular formula is C24H28N4O2S. The second-order valence-corrected chi connectivity index (χ2v) is 8.70. The van der Waals surface area contributed by atoms with Gasteiger partial charge < -0.3 is 9.64 Å². The smallest absolute Gasteiger partial charge is 0.236 e. The fourth-order valence-electron chi connectivity index (χ4n) is 4.23. The van der Waals surface area contributed by atoms with E-state index in [1.165, 1.54) is 22.7 Å². The highest BCUT2D eigenvalue weighted by Crippen LogP contribution is 2.40. The van der Waals surface area contributed by atoms with Crippen LogP contribution in [0.4, 0.5) is 0 Å². The van der Waals surface area contributed by atoms with Crippen LogP contribution in [0.1, 0.15) is 28.7 Å². The van der Waals surface area contributed by atoms with Crippen LogP contribution in [0, 0.1) is 0 Å². The van der Waals surface area contributed by atoms with Crippen LogP contribution in [-0.4, -0.2) is 65.6 Å². The van der Waals surface area contributed by atoms with Gasteiger partial charge in [0.15, 0.2) is 0 Å². The molecule has 3 aromatic rings. The maximum absolute atomic E-state index is 13.1. The third-order valence-corrected chi connectivity index (χ3v) is 6.50. The molecule has 162 valence electrons. The number of carbonyl (C=O) groups is 1. The largest absolute Gasteiger partial charge is 0.497 e. The van der Waals surface area contributed by atoms with Crippen LogP contribution < -0.4 is 4.74 Å². The van der Waals surface area contributed by atoms with Crippen molar-refractivity contribution in [2.75, 3.05) is 40.3 Å². The van der Waals surface area contributed by atoms with Crippen LogP contribution in [0.5, 0.6) is 5.75 Å². The Labute approximate surface area is 187 Å². The van der Waals surface area contributed by atoms with Gasteiger partial charge in [0.2, 0.25) is 5.91 Å². The fourth-order valence-corrected chi connectivity index (χ4v) is 4.74. The Hall–Kier alpha value is -2.77. The van der Waals surface area contributed by atoms with E-state index < -0.39 is 0 Å². The normalized spacial score (nSPS) is 18.5. The van der Waals surface area contributed by atoms with Gasteiger partial charge in [-0.1, -0.05) is 47.0 Å². The number of benzene rings is 2. The first-order valence-electron chi connectivity index (χ1n) is 10.5. The van der Waals surface area contributed by atoms with Crippen molar-refractivity contribution in [2.45, 2.75) is 18.3 Å². The molecule has 31 heavy (non-hydrogen) atoms. The first-order chi connectivity index (χ1) is 15.1. The highest BCUT2D eigenvalue weighted by atomic mass is 32.1. The van der Waals surface area contributed by atoms with Crippen LogP contribution in [0.15, 0.2) is 60.0 Å². The number of ether oxygens (including phenoxy) is 1. The highest BCUT2D eigenvalue weighted by molar-refractivity contribution is 7.03. The molecule has 1 fully saturated rings. The molecule has 0 aliphatic carbocycles. The minimum Gasteiger partial charge on any atom is -0.497 e. The Morgan fingerprint density at radius 3 is 2.71 bits per heavy atom. The van der Waals surface area contributed by atoms with E-state index in [0.29, 0.717) is 19.6 Å². The lowest BCUT2D eigenvalue weighted by Gasteiger charge is -2.21. The molecule has 2 aromatic carbocycles. The van der Waals surface area contributed by atoms with Gasteiger partial charge in [-0.2, -0.15) is 0 Å². The van der Waals surface area contributed by atoms with Crippen molar-refractivity contribution < 1.29 is 9.53 Å². The SMILES string of the molecule is COc1cccc([C@@H]2CN(C(=O)CN(C)CCc3ccccc3)C[C@H]2c2csnn2)c1. The zero-order valence-electron chi connectivity index (χ0n) is 18.0. The zero-order chi connectivity index (χ0) is 21.6. The summed E-state index contributed by atoms with van der Waals surface area (Å²) in [5.74, 6) is 1.31. The maximum Gasteiger partial charge on any atom is 0.236 e. The first kappa shape index (κ1) is 21.5. The summed E-state index contributed by atoms with van der Waals surface area (Å²) in [5.41, 5.74) is 3.42. The Balaban J connectivity index is 1.43. The summed E-state index contributed by atoms with van der Waals surface area (Å²) in [6, 6.07) is 18.5. The number of hydrogen-bond donors (Lipinski definition) is 0. The Morgan fingerprint density at radius 2 is 1.97 bits per heavy atom. The van der Waals surface area contributed by atoms with Crippen molar-refractivity contribution in [3.8, 4) is 5.75 Å². The molecule has 1 aromatic heterocycles. The van der Waals surface area contributed by atoms with Gasteiger partial charge in [0.1, 0.15) is 5.75 Å². The van der Waals surface area contributed by atoms with E-state index >= 15 is 0 Å². The van der Waals surface area contributed by atoms with Crippen LogP contribution in [0.25, 0.3) is 0 Å². The van der Waals surface area contributed by atoms with Gasteiger partial charge in [0.25, 0.3) is 0 Å². The zero-order valence-corrected chi connectivity index (χ0v) is 18.8. The average molecular weight is 437 g/mol. The number of rotatable bonds is 8. The van der Waals surface area contributed by atoms with Gasteiger partial charge in [-0.25, -0.2) is 0 Å². The Morgan fingerprint density at radius 1 is 1.16 bits per heavy atom. The molecule has 1 amide bonds. The highest BCUT2D eigenvalue weighted by Gasteiger charge is 2.38. The molecule has 1 aliphatic heterocycles. The minimum absolute atomic E-state index is 0.143. The molecule has 2 atom stereocenters. The third-order valence-electron chi connectivity index (χ3n) is 5.98. The Kier molecular flexibility index (Phi) is 6.94. The summed E-state index contributed by atoms with van der Waals surface area (Å²) < 4.78 is 9.47. The summed E-state index contributed by atoms with van der Waals surface area (Å²) in [6.45, 7) is 2.61. The van der Waals surface area contributed by atoms with E-state index in [4.69, 9.17) is 4.74 Å². The maximum atomic E-state index is 13.1. The number of amides is 1. The summed E-state index contributed by atoms with van der Waals surface area (Å²) in [6.07, 6.45) is 0.935. The number of methoxy groups -OCH3 is 1. The van der Waals surface area contributed by atoms with Gasteiger partial charge in [-0.3, -0.25) is 9.69 Å². The van der Waals surface area contributed by atoms with Crippen LogP contribution in [-0.2, 0) is 11.2 Å². The second kappa shape index (κ2) is 10.0. The molecule has 1 saturated heterocycles. The molecule has 0 saturated carbocycles. The van der Waals surface area contributed by atoms with Crippen molar-refractivity contribution in [1.29, 1.82) is 0 Å². The van der Waals surface area contributed by atoms with Gasteiger partial charge >= 0.3 is 0 Å². The topological polar surface area (TPSA) is 58.6 Å². The van der Waals surface area contributed by atoms with E-state index in [9.17, 15) is 4.79 Å². The van der Waals surface area contributed by atoms with Crippen LogP contribution >= 0.6 is 11.5 Å². The van der Waals surface area contributed by atoms with Crippen molar-refractivity contribution in [3.05, 3.63) is 76.8 Å². The van der Waals surface area contributed by atoms with E-state index in [1.807, 2.05) is 35.5 Å². The first-order valence-corrected chi connectivity index (χ1v) is 11.4. The molecule has 0 bridgehead atoms. The third kappa shape index (κ3) is 5.29. The van der Waals surface area contributed by atoms with E-state index in [-0.39, 0.29) is 17.7 Å². The predicted molar refractivity (Wildman–Crippen MR) is 123 cm³/mol. The van der Waals surface area contributed by atoms with Crippen LogP contribution in [0.3, 0.4) is 0 Å². The number of nitrogens with zero attached hydrogens (tertiary/aromatic N) is 4. The number of aromatic nitrogens is 2. The molecule has 0 spiro atoms. The van der Waals surface area contributed by atoms with Crippen LogP contribution in [0.2, 0.25) is 0 Å². The number of likely N-dealkylation sites (tertiary alicyclic amines) is 1. The Bertz CT molecular complexity index is 980. The van der Waals surface area contributed by atoms with E-state index in [1.54, 1.807) is 7.11 Å². The van der Waals surface area contributed by atoms with Crippen molar-refractivity contribution in [1.82, 2.24) is 19.4 Å². The lowest BCUT2D eigenvalue weighted by molar-refractivity contribution is -0.131. The molecule has 7 heteroatoms. The second-order valence-electron chi connectivity index (χ2n) is 8.09. The van der Waals surface area contributed by atoms with Crippen molar-refractivity contribution in [2.24, 2.45) is 0 Å². The molecule has 1 aliphatic rings. The van der Waals surface area contributed by atoms with Crippen molar-refractivity contribution in [3.63, 3.8) is 0 Å². The summed E-state index contributed by atoms with van der Waals surface area (Å²) in [7, 11) is 3.69. The molecule has 0 radical (unpaired) electrons. The molecule has 2 heterocycles. The minimum atomic E-state index is 0.143. The molecular weight excluding hydrogens is 408 g/mol. The monoisotopic (exact) mass is 436 g/mol. The summed E-state index contributed by atoms with van der Waals surface area (Å²) in [5, 5.41) is 6.32. The average Bonchev–Trinajstić information content (AvgIpc) is 3.48. The number of carbonyl (C=O) groups excluding carboxylic acids is 1. The predicted octanol–water partition coefficient (Wildman–Crippen LogP) is 3.43. The van der Waals surface area contributed by atoms with Gasteiger partial charge in [0, 0.05) is 36.9 Å². The standard InChI is InChI=1S/C24H28N4O2S/c1-27(12-11-18-7-4-3-5-8-18)16-24(29)28-14-21(19-9-6-10-20(13-19)30-2)22(15-28)23-17-31-26-25-23/h3-10,13,17,21-22H,11-12,14-16H2,1-2H3/t21-,22+/m0/s1. The fraction of sp³-hybridized carbons (Fsp3) is 0.375. The molecule has 0 unspecified atom stereocenters. The van der Waals surface area contributed by atoms with Gasteiger partial charge in [-0.15, -0.1) is 5.10 Å². The number of hydrogen-bond acceptors (Lipinski definition) is 6. The summed E-state index contributed by atoms with van der Waals surface area (Å²) in [4.78, 5) is 17.2. The number of likely N-dealkylation sites (N-methyl/N-ethyl adjacent to an activating group) is 1. The molecule has 0 N–H and O–H groups in total. The lowest BCUT2D eigenvalue weighted by Crippen LogP contribution is -2.38. The lowest BCUT2D eigenvalue weighted by atomic mass is 9.87. The van der Waals surface area contributed by atoms with E-state index in [0.717, 1.165) is 24.4 Å². The van der Waals surface area contributed by atoms with E-state index in [2.05, 4.69) is 50.9 Å². The van der Waals surface area contributed by atoms with Gasteiger partial charge in [-0.05, 0) is 48.3 Å². The summed E-state index contributed by atoms with van der Waals surface area (Å²) >= 11 is 1.36. The van der Waals surface area contributed by atoms with Gasteiger partial charge in [0.05, 0.1) is 19.3 Å². The molecule has 6 nitrogen and oxygen atoms in total. The van der Waals surface area contributed by atoms with Crippen molar-refractivity contribution >= 4 is 17.4 Å². The molecule has 4 rings (SSSR count).